The zero-order valence-corrected chi connectivity index (χ0v) is 17.1. The van der Waals surface area contributed by atoms with E-state index in [4.69, 9.17) is 4.74 Å². The molecule has 0 bridgehead atoms. The molecule has 1 saturated heterocycles. The Morgan fingerprint density at radius 1 is 1.10 bits per heavy atom. The van der Waals surface area contributed by atoms with Crippen LogP contribution in [0.3, 0.4) is 0 Å². The molecule has 0 unspecified atom stereocenters. The molecule has 2 fully saturated rings. The third-order valence-electron chi connectivity index (χ3n) is 5.31. The lowest BCUT2D eigenvalue weighted by molar-refractivity contribution is 0.0582. The van der Waals surface area contributed by atoms with Gasteiger partial charge >= 0.3 is 0 Å². The Hall–Kier alpha value is -2.68. The molecule has 1 saturated carbocycles. The van der Waals surface area contributed by atoms with Gasteiger partial charge in [-0.3, -0.25) is 14.1 Å². The number of carbonyl (C=O) groups excluding carboxylic acids is 1. The van der Waals surface area contributed by atoms with Gasteiger partial charge in [0.15, 0.2) is 0 Å². The van der Waals surface area contributed by atoms with Gasteiger partial charge in [0.25, 0.3) is 5.91 Å². The predicted molar refractivity (Wildman–Crippen MR) is 108 cm³/mol. The number of anilines is 1. The number of nitrogens with zero attached hydrogens (tertiary/aromatic N) is 4. The van der Waals surface area contributed by atoms with Crippen molar-refractivity contribution in [3.05, 3.63) is 48.4 Å². The van der Waals surface area contributed by atoms with E-state index in [2.05, 4.69) is 9.97 Å². The van der Waals surface area contributed by atoms with E-state index in [0.717, 1.165) is 12.8 Å². The first-order chi connectivity index (χ1) is 13.9. The molecule has 1 amide bonds. The molecular weight excluding hydrogens is 392 g/mol. The summed E-state index contributed by atoms with van der Waals surface area (Å²) in [6, 6.07) is 8.71. The first kappa shape index (κ1) is 19.6. The average Bonchev–Trinajstić information content (AvgIpc) is 3.61. The molecule has 0 radical (unpaired) electrons. The molecule has 1 aliphatic carbocycles. The topological polar surface area (TPSA) is 92.7 Å². The maximum absolute atomic E-state index is 12.5. The van der Waals surface area contributed by atoms with Crippen LogP contribution in [0.5, 0.6) is 5.88 Å². The van der Waals surface area contributed by atoms with Crippen molar-refractivity contribution in [1.82, 2.24) is 14.9 Å². The molecule has 4 rings (SSSR count). The Labute approximate surface area is 170 Å². The molecule has 2 aromatic heterocycles. The lowest BCUT2D eigenvalue weighted by atomic mass is 10.1. The van der Waals surface area contributed by atoms with E-state index in [0.29, 0.717) is 43.2 Å². The second-order valence-corrected chi connectivity index (χ2v) is 9.64. The number of sulfonamides is 1. The number of rotatable bonds is 6. The van der Waals surface area contributed by atoms with Gasteiger partial charge in [0.1, 0.15) is 11.8 Å². The number of ether oxygens (including phenoxy) is 1. The van der Waals surface area contributed by atoms with Crippen LogP contribution < -0.4 is 9.04 Å². The van der Waals surface area contributed by atoms with Gasteiger partial charge in [-0.15, -0.1) is 0 Å². The van der Waals surface area contributed by atoms with E-state index in [1.807, 2.05) is 0 Å². The minimum Gasteiger partial charge on any atom is -0.474 e. The zero-order chi connectivity index (χ0) is 20.4. The van der Waals surface area contributed by atoms with Gasteiger partial charge in [0.05, 0.1) is 17.1 Å². The highest BCUT2D eigenvalue weighted by atomic mass is 32.2. The second kappa shape index (κ2) is 7.98. The highest BCUT2D eigenvalue weighted by molar-refractivity contribution is 7.93. The molecule has 2 aromatic rings. The quantitative estimate of drug-likeness (QED) is 0.716. The molecule has 2 aliphatic rings. The SMILES string of the molecule is CN(c1ccc(OC2CCN(C(=O)c3ccccn3)CC2)nc1)S(=O)(=O)C1CC1. The average molecular weight is 417 g/mol. The fourth-order valence-electron chi connectivity index (χ4n) is 3.36. The highest BCUT2D eigenvalue weighted by Gasteiger charge is 2.39. The fraction of sp³-hybridized carbons (Fsp3) is 0.450. The molecule has 0 aromatic carbocycles. The highest BCUT2D eigenvalue weighted by Crippen LogP contribution is 2.32. The van der Waals surface area contributed by atoms with Crippen molar-refractivity contribution in [2.75, 3.05) is 24.4 Å². The molecule has 0 spiro atoms. The molecular formula is C20H24N4O4S. The molecule has 1 aliphatic heterocycles. The smallest absolute Gasteiger partial charge is 0.272 e. The Bertz CT molecular complexity index is 954. The Morgan fingerprint density at radius 3 is 2.45 bits per heavy atom. The summed E-state index contributed by atoms with van der Waals surface area (Å²) in [6.45, 7) is 1.20. The summed E-state index contributed by atoms with van der Waals surface area (Å²) in [5.41, 5.74) is 0.981. The van der Waals surface area contributed by atoms with Crippen LogP contribution in [-0.4, -0.2) is 60.7 Å². The van der Waals surface area contributed by atoms with Gasteiger partial charge in [0, 0.05) is 45.2 Å². The predicted octanol–water partition coefficient (Wildman–Crippen LogP) is 2.09. The summed E-state index contributed by atoms with van der Waals surface area (Å²) in [5, 5.41) is -0.262. The van der Waals surface area contributed by atoms with Crippen molar-refractivity contribution in [1.29, 1.82) is 0 Å². The number of carbonyl (C=O) groups is 1. The maximum atomic E-state index is 12.5. The summed E-state index contributed by atoms with van der Waals surface area (Å²) in [4.78, 5) is 22.6. The minimum absolute atomic E-state index is 0.0333. The van der Waals surface area contributed by atoms with Crippen molar-refractivity contribution < 1.29 is 17.9 Å². The number of hydrogen-bond acceptors (Lipinski definition) is 6. The summed E-state index contributed by atoms with van der Waals surface area (Å²) in [5.74, 6) is 0.395. The van der Waals surface area contributed by atoms with Crippen LogP contribution in [0.2, 0.25) is 0 Å². The Balaban J connectivity index is 1.31. The van der Waals surface area contributed by atoms with Crippen LogP contribution in [-0.2, 0) is 10.0 Å². The van der Waals surface area contributed by atoms with Crippen molar-refractivity contribution in [2.24, 2.45) is 0 Å². The van der Waals surface area contributed by atoms with Crippen LogP contribution >= 0.6 is 0 Å². The monoisotopic (exact) mass is 416 g/mol. The van der Waals surface area contributed by atoms with E-state index in [-0.39, 0.29) is 17.3 Å². The fourth-order valence-corrected chi connectivity index (χ4v) is 4.94. The molecule has 154 valence electrons. The molecule has 29 heavy (non-hydrogen) atoms. The first-order valence-corrected chi connectivity index (χ1v) is 11.3. The molecule has 8 nitrogen and oxygen atoms in total. The van der Waals surface area contributed by atoms with Gasteiger partial charge in [0.2, 0.25) is 15.9 Å². The Morgan fingerprint density at radius 2 is 1.86 bits per heavy atom. The van der Waals surface area contributed by atoms with Crippen molar-refractivity contribution in [3.63, 3.8) is 0 Å². The van der Waals surface area contributed by atoms with Gasteiger partial charge in [-0.25, -0.2) is 13.4 Å². The third kappa shape index (κ3) is 4.34. The van der Waals surface area contributed by atoms with Crippen molar-refractivity contribution >= 4 is 21.6 Å². The van der Waals surface area contributed by atoms with Gasteiger partial charge in [-0.1, -0.05) is 6.07 Å². The second-order valence-electron chi connectivity index (χ2n) is 7.39. The van der Waals surface area contributed by atoms with Crippen LogP contribution in [0.1, 0.15) is 36.2 Å². The lowest BCUT2D eigenvalue weighted by Gasteiger charge is -2.31. The number of aromatic nitrogens is 2. The molecule has 9 heteroatoms. The largest absolute Gasteiger partial charge is 0.474 e. The number of pyridine rings is 2. The maximum Gasteiger partial charge on any atom is 0.272 e. The summed E-state index contributed by atoms with van der Waals surface area (Å²) in [7, 11) is -1.73. The van der Waals surface area contributed by atoms with Crippen molar-refractivity contribution in [3.8, 4) is 5.88 Å². The normalized spacial score (nSPS) is 17.8. The van der Waals surface area contributed by atoms with Gasteiger partial charge in [-0.2, -0.15) is 0 Å². The van der Waals surface area contributed by atoms with Gasteiger partial charge < -0.3 is 9.64 Å². The van der Waals surface area contributed by atoms with E-state index in [1.165, 1.54) is 10.5 Å². The van der Waals surface area contributed by atoms with Crippen LogP contribution in [0.15, 0.2) is 42.7 Å². The van der Waals surface area contributed by atoms with Crippen LogP contribution in [0, 0.1) is 0 Å². The van der Waals surface area contributed by atoms with Crippen molar-refractivity contribution in [2.45, 2.75) is 37.0 Å². The zero-order valence-electron chi connectivity index (χ0n) is 16.3. The third-order valence-corrected chi connectivity index (χ3v) is 7.60. The Kier molecular flexibility index (Phi) is 5.40. The number of piperidine rings is 1. The number of hydrogen-bond donors (Lipinski definition) is 0. The van der Waals surface area contributed by atoms with Crippen LogP contribution in [0.25, 0.3) is 0 Å². The molecule has 0 atom stereocenters. The van der Waals surface area contributed by atoms with E-state index >= 15 is 0 Å². The van der Waals surface area contributed by atoms with E-state index in [1.54, 1.807) is 48.5 Å². The summed E-state index contributed by atoms with van der Waals surface area (Å²) < 4.78 is 31.9. The minimum atomic E-state index is -3.29. The van der Waals surface area contributed by atoms with E-state index in [9.17, 15) is 13.2 Å². The number of likely N-dealkylation sites (tertiary alicyclic amines) is 1. The van der Waals surface area contributed by atoms with Gasteiger partial charge in [-0.05, 0) is 31.0 Å². The first-order valence-electron chi connectivity index (χ1n) is 9.76. The van der Waals surface area contributed by atoms with E-state index < -0.39 is 10.0 Å². The number of amides is 1. The molecule has 3 heterocycles. The summed E-state index contributed by atoms with van der Waals surface area (Å²) >= 11 is 0. The molecule has 0 N–H and O–H groups in total. The van der Waals surface area contributed by atoms with Crippen LogP contribution in [0.4, 0.5) is 5.69 Å². The standard InChI is InChI=1S/C20H24N4O4S/c1-23(29(26,27)17-6-7-17)15-5-8-19(22-14-15)28-16-9-12-24(13-10-16)20(25)18-4-2-3-11-21-18/h2-5,8,11,14,16-17H,6-7,9-10,12-13H2,1H3. The summed E-state index contributed by atoms with van der Waals surface area (Å²) in [6.07, 6.45) is 5.97. The lowest BCUT2D eigenvalue weighted by Crippen LogP contribution is -2.42.